The van der Waals surface area contributed by atoms with Gasteiger partial charge in [-0.15, -0.1) is 0 Å². The standard InChI is InChI=1S/C8H12O3/c1-4-3-5(2)7(10)8(11)6(4)9/h4-6,9H,3H2,1-2H3. The van der Waals surface area contributed by atoms with Gasteiger partial charge in [0.25, 0.3) is 0 Å². The van der Waals surface area contributed by atoms with Gasteiger partial charge < -0.3 is 5.11 Å². The first kappa shape index (κ1) is 8.40. The van der Waals surface area contributed by atoms with Gasteiger partial charge in [0.2, 0.25) is 11.6 Å². The minimum atomic E-state index is -1.06. The fourth-order valence-electron chi connectivity index (χ4n) is 1.44. The van der Waals surface area contributed by atoms with E-state index < -0.39 is 17.7 Å². The maximum Gasteiger partial charge on any atom is 0.227 e. The van der Waals surface area contributed by atoms with Crippen LogP contribution in [0.25, 0.3) is 0 Å². The molecule has 11 heavy (non-hydrogen) atoms. The Kier molecular flexibility index (Phi) is 2.09. The van der Waals surface area contributed by atoms with E-state index in [9.17, 15) is 9.59 Å². The Bertz CT molecular complexity index is 198. The highest BCUT2D eigenvalue weighted by Gasteiger charge is 2.37. The fraction of sp³-hybridized carbons (Fsp3) is 0.750. The number of carbonyl (C=O) groups excluding carboxylic acids is 2. The normalized spacial score (nSPS) is 39.4. The summed E-state index contributed by atoms with van der Waals surface area (Å²) in [7, 11) is 0. The smallest absolute Gasteiger partial charge is 0.227 e. The van der Waals surface area contributed by atoms with E-state index in [1.54, 1.807) is 13.8 Å². The minimum absolute atomic E-state index is 0.0739. The Morgan fingerprint density at radius 2 is 1.82 bits per heavy atom. The van der Waals surface area contributed by atoms with Crippen LogP contribution in [-0.4, -0.2) is 22.8 Å². The number of rotatable bonds is 0. The van der Waals surface area contributed by atoms with E-state index in [2.05, 4.69) is 0 Å². The van der Waals surface area contributed by atoms with Crippen LogP contribution in [0.4, 0.5) is 0 Å². The van der Waals surface area contributed by atoms with Gasteiger partial charge in [-0.2, -0.15) is 0 Å². The summed E-state index contributed by atoms with van der Waals surface area (Å²) in [6.07, 6.45) is -0.440. The molecule has 0 radical (unpaired) electrons. The molecule has 1 aliphatic carbocycles. The Morgan fingerprint density at radius 1 is 1.27 bits per heavy atom. The average molecular weight is 156 g/mol. The molecule has 1 fully saturated rings. The third-order valence-electron chi connectivity index (χ3n) is 2.22. The van der Waals surface area contributed by atoms with Crippen molar-refractivity contribution in [2.75, 3.05) is 0 Å². The van der Waals surface area contributed by atoms with Crippen LogP contribution in [0, 0.1) is 11.8 Å². The second-order valence-electron chi connectivity index (χ2n) is 3.29. The maximum absolute atomic E-state index is 11.0. The van der Waals surface area contributed by atoms with Gasteiger partial charge in [0.1, 0.15) is 6.10 Å². The Hall–Kier alpha value is -0.700. The molecule has 1 saturated carbocycles. The van der Waals surface area contributed by atoms with Crippen molar-refractivity contribution in [2.45, 2.75) is 26.4 Å². The van der Waals surface area contributed by atoms with Crippen LogP contribution >= 0.6 is 0 Å². The molecule has 0 amide bonds. The van der Waals surface area contributed by atoms with Crippen molar-refractivity contribution in [1.82, 2.24) is 0 Å². The third kappa shape index (κ3) is 1.33. The first-order valence-corrected chi connectivity index (χ1v) is 3.80. The molecule has 0 heterocycles. The largest absolute Gasteiger partial charge is 0.385 e. The van der Waals surface area contributed by atoms with Crippen molar-refractivity contribution < 1.29 is 14.7 Å². The summed E-state index contributed by atoms with van der Waals surface area (Å²) >= 11 is 0. The molecule has 0 aromatic heterocycles. The zero-order valence-corrected chi connectivity index (χ0v) is 6.70. The number of aliphatic hydroxyl groups is 1. The van der Waals surface area contributed by atoms with Gasteiger partial charge in [-0.05, 0) is 12.3 Å². The van der Waals surface area contributed by atoms with Crippen LogP contribution in [0.3, 0.4) is 0 Å². The molecule has 0 saturated heterocycles. The van der Waals surface area contributed by atoms with Crippen molar-refractivity contribution in [1.29, 1.82) is 0 Å². The van der Waals surface area contributed by atoms with Crippen LogP contribution in [0.15, 0.2) is 0 Å². The van der Waals surface area contributed by atoms with E-state index in [1.165, 1.54) is 0 Å². The predicted octanol–water partition coefficient (Wildman–Crippen LogP) is 0.161. The molecule has 3 unspecified atom stereocenters. The molecule has 1 N–H and O–H groups in total. The lowest BCUT2D eigenvalue weighted by molar-refractivity contribution is -0.149. The number of hydrogen-bond acceptors (Lipinski definition) is 3. The fourth-order valence-corrected chi connectivity index (χ4v) is 1.44. The van der Waals surface area contributed by atoms with E-state index in [4.69, 9.17) is 5.11 Å². The second kappa shape index (κ2) is 2.74. The highest BCUT2D eigenvalue weighted by atomic mass is 16.3. The molecule has 0 aromatic carbocycles. The summed E-state index contributed by atoms with van der Waals surface area (Å²) < 4.78 is 0. The van der Waals surface area contributed by atoms with E-state index in [1.807, 2.05) is 0 Å². The number of ketones is 2. The van der Waals surface area contributed by atoms with Crippen LogP contribution in [0.1, 0.15) is 20.3 Å². The van der Waals surface area contributed by atoms with Crippen LogP contribution in [0.2, 0.25) is 0 Å². The SMILES string of the molecule is CC1CC(C)C(O)C(=O)C1=O. The summed E-state index contributed by atoms with van der Waals surface area (Å²) in [6, 6.07) is 0. The van der Waals surface area contributed by atoms with E-state index in [0.29, 0.717) is 6.42 Å². The Morgan fingerprint density at radius 3 is 2.36 bits per heavy atom. The Balaban J connectivity index is 2.79. The quantitative estimate of drug-likeness (QED) is 0.508. The molecular weight excluding hydrogens is 144 g/mol. The van der Waals surface area contributed by atoms with Crippen molar-refractivity contribution in [3.8, 4) is 0 Å². The molecule has 0 bridgehead atoms. The lowest BCUT2D eigenvalue weighted by Crippen LogP contribution is -2.42. The monoisotopic (exact) mass is 156 g/mol. The van der Waals surface area contributed by atoms with E-state index in [0.717, 1.165) is 0 Å². The van der Waals surface area contributed by atoms with Gasteiger partial charge in [0.15, 0.2) is 0 Å². The number of hydrogen-bond donors (Lipinski definition) is 1. The number of aliphatic hydroxyl groups excluding tert-OH is 1. The van der Waals surface area contributed by atoms with Crippen molar-refractivity contribution in [3.63, 3.8) is 0 Å². The highest BCUT2D eigenvalue weighted by Crippen LogP contribution is 2.23. The molecule has 0 aromatic rings. The lowest BCUT2D eigenvalue weighted by Gasteiger charge is -2.25. The molecule has 3 nitrogen and oxygen atoms in total. The zero-order valence-electron chi connectivity index (χ0n) is 6.70. The maximum atomic E-state index is 11.0. The first-order valence-electron chi connectivity index (χ1n) is 3.80. The first-order chi connectivity index (χ1) is 5.04. The van der Waals surface area contributed by atoms with Gasteiger partial charge in [-0.3, -0.25) is 9.59 Å². The molecule has 0 aliphatic heterocycles. The van der Waals surface area contributed by atoms with Gasteiger partial charge in [0.05, 0.1) is 0 Å². The molecular formula is C8H12O3. The molecule has 1 rings (SSSR count). The van der Waals surface area contributed by atoms with E-state index >= 15 is 0 Å². The molecule has 3 heteroatoms. The van der Waals surface area contributed by atoms with Crippen molar-refractivity contribution in [3.05, 3.63) is 0 Å². The third-order valence-corrected chi connectivity index (χ3v) is 2.22. The topological polar surface area (TPSA) is 54.4 Å². The average Bonchev–Trinajstić information content (AvgIpc) is 1.97. The lowest BCUT2D eigenvalue weighted by atomic mass is 9.80. The van der Waals surface area contributed by atoms with Crippen LogP contribution in [0.5, 0.6) is 0 Å². The van der Waals surface area contributed by atoms with Gasteiger partial charge in [-0.25, -0.2) is 0 Å². The van der Waals surface area contributed by atoms with Gasteiger partial charge in [-0.1, -0.05) is 13.8 Å². The van der Waals surface area contributed by atoms with Crippen LogP contribution < -0.4 is 0 Å². The summed E-state index contributed by atoms with van der Waals surface area (Å²) in [6.45, 7) is 3.51. The molecule has 0 spiro atoms. The predicted molar refractivity (Wildman–Crippen MR) is 39.0 cm³/mol. The minimum Gasteiger partial charge on any atom is -0.385 e. The molecule has 3 atom stereocenters. The summed E-state index contributed by atoms with van der Waals surface area (Å²) in [4.78, 5) is 21.9. The number of Topliss-reactive ketones (excluding diaryl/α,β-unsaturated/α-hetero) is 2. The summed E-state index contributed by atoms with van der Waals surface area (Å²) in [5, 5.41) is 9.16. The van der Waals surface area contributed by atoms with Crippen molar-refractivity contribution >= 4 is 11.6 Å². The summed E-state index contributed by atoms with van der Waals surface area (Å²) in [5.41, 5.74) is 0. The van der Waals surface area contributed by atoms with Gasteiger partial charge >= 0.3 is 0 Å². The van der Waals surface area contributed by atoms with Crippen molar-refractivity contribution in [2.24, 2.45) is 11.8 Å². The molecule has 62 valence electrons. The molecule has 1 aliphatic rings. The number of carbonyl (C=O) groups is 2. The second-order valence-corrected chi connectivity index (χ2v) is 3.29. The van der Waals surface area contributed by atoms with E-state index in [-0.39, 0.29) is 11.8 Å². The van der Waals surface area contributed by atoms with Gasteiger partial charge in [0, 0.05) is 5.92 Å². The van der Waals surface area contributed by atoms with Crippen LogP contribution in [-0.2, 0) is 9.59 Å². The Labute approximate surface area is 65.4 Å². The highest BCUT2D eigenvalue weighted by molar-refractivity contribution is 6.40. The zero-order chi connectivity index (χ0) is 8.59. The summed E-state index contributed by atoms with van der Waals surface area (Å²) in [5.74, 6) is -1.32.